The number of hydrogen-bond donors (Lipinski definition) is 4. The van der Waals surface area contributed by atoms with E-state index in [1.54, 1.807) is 12.1 Å². The minimum atomic E-state index is -1.54. The number of primary amides is 2. The average molecular weight is 311 g/mol. The number of nitrogens with one attached hydrogen (secondary N) is 2. The Morgan fingerprint density at radius 1 is 1.24 bits per heavy atom. The molecule has 0 fully saturated rings. The molecule has 0 saturated heterocycles. The molecule has 1 aromatic rings. The molecular weight excluding hydrogens is 296 g/mol. The lowest BCUT2D eigenvalue weighted by atomic mass is 10.1. The van der Waals surface area contributed by atoms with Gasteiger partial charge in [-0.25, -0.2) is 4.79 Å². The number of carbonyl (C=O) groups is 3. The predicted octanol–water partition coefficient (Wildman–Crippen LogP) is -0.0343. The van der Waals surface area contributed by atoms with Gasteiger partial charge in [-0.15, -0.1) is 0 Å². The standard InChI is InChI=1S/C13H15ClN4O3/c14-8-3-1-2-7-6(8)4-5-9(7)17-13(21)18-10(11(15)19)12(16)20/h1-3,9-10H,4-5H2,(H2,15,19)(H2,16,20)(H2,17,18,21). The van der Waals surface area contributed by atoms with Gasteiger partial charge >= 0.3 is 6.03 Å². The van der Waals surface area contributed by atoms with Crippen LogP contribution in [0.5, 0.6) is 0 Å². The van der Waals surface area contributed by atoms with Crippen LogP contribution in [0.15, 0.2) is 18.2 Å². The van der Waals surface area contributed by atoms with Crippen LogP contribution >= 0.6 is 11.6 Å². The van der Waals surface area contributed by atoms with Gasteiger partial charge in [-0.2, -0.15) is 0 Å². The number of rotatable bonds is 4. The van der Waals surface area contributed by atoms with Gasteiger partial charge in [0.1, 0.15) is 0 Å². The van der Waals surface area contributed by atoms with Crippen molar-refractivity contribution in [1.82, 2.24) is 10.6 Å². The van der Waals surface area contributed by atoms with E-state index in [4.69, 9.17) is 23.1 Å². The summed E-state index contributed by atoms with van der Waals surface area (Å²) < 4.78 is 0. The molecule has 8 heteroatoms. The number of urea groups is 1. The topological polar surface area (TPSA) is 127 Å². The Bertz CT molecular complexity index is 591. The summed E-state index contributed by atoms with van der Waals surface area (Å²) in [6.45, 7) is 0. The van der Waals surface area contributed by atoms with Crippen LogP contribution in [0.25, 0.3) is 0 Å². The van der Waals surface area contributed by atoms with Crippen molar-refractivity contribution in [1.29, 1.82) is 0 Å². The van der Waals surface area contributed by atoms with E-state index in [9.17, 15) is 14.4 Å². The lowest BCUT2D eigenvalue weighted by molar-refractivity contribution is -0.128. The number of nitrogens with two attached hydrogens (primary N) is 2. The van der Waals surface area contributed by atoms with Crippen molar-refractivity contribution in [2.24, 2.45) is 11.5 Å². The Hall–Kier alpha value is -2.28. The lowest BCUT2D eigenvalue weighted by Gasteiger charge is -2.17. The highest BCUT2D eigenvalue weighted by molar-refractivity contribution is 6.31. The highest BCUT2D eigenvalue weighted by atomic mass is 35.5. The average Bonchev–Trinajstić information content (AvgIpc) is 2.80. The molecule has 1 atom stereocenters. The maximum Gasteiger partial charge on any atom is 0.316 e. The number of halogens is 1. The number of amides is 4. The fourth-order valence-corrected chi connectivity index (χ4v) is 2.65. The van der Waals surface area contributed by atoms with E-state index >= 15 is 0 Å². The number of fused-ring (bicyclic) bond motifs is 1. The Balaban J connectivity index is 2.04. The Kier molecular flexibility index (Phi) is 4.32. The quantitative estimate of drug-likeness (QED) is 0.583. The molecule has 4 amide bonds. The Morgan fingerprint density at radius 3 is 2.52 bits per heavy atom. The van der Waals surface area contributed by atoms with Gasteiger partial charge in [0, 0.05) is 5.02 Å². The van der Waals surface area contributed by atoms with E-state index in [-0.39, 0.29) is 6.04 Å². The van der Waals surface area contributed by atoms with Gasteiger partial charge in [0.15, 0.2) is 6.04 Å². The molecule has 0 aromatic heterocycles. The SMILES string of the molecule is NC(=O)C(NC(=O)NC1CCc2c(Cl)cccc21)C(N)=O. The molecule has 1 aliphatic rings. The summed E-state index contributed by atoms with van der Waals surface area (Å²) in [5.41, 5.74) is 11.9. The largest absolute Gasteiger partial charge is 0.367 e. The van der Waals surface area contributed by atoms with Gasteiger partial charge in [-0.05, 0) is 30.0 Å². The van der Waals surface area contributed by atoms with E-state index < -0.39 is 23.9 Å². The van der Waals surface area contributed by atoms with Crippen molar-refractivity contribution >= 4 is 29.4 Å². The summed E-state index contributed by atoms with van der Waals surface area (Å²) in [4.78, 5) is 33.9. The first-order valence-electron chi connectivity index (χ1n) is 6.33. The fraction of sp³-hybridized carbons (Fsp3) is 0.308. The minimum Gasteiger partial charge on any atom is -0.367 e. The molecule has 0 bridgehead atoms. The van der Waals surface area contributed by atoms with Crippen molar-refractivity contribution in [3.63, 3.8) is 0 Å². The van der Waals surface area contributed by atoms with Crippen molar-refractivity contribution < 1.29 is 14.4 Å². The molecule has 6 N–H and O–H groups in total. The molecule has 0 spiro atoms. The molecule has 7 nitrogen and oxygen atoms in total. The van der Waals surface area contributed by atoms with Crippen molar-refractivity contribution in [3.8, 4) is 0 Å². The summed E-state index contributed by atoms with van der Waals surface area (Å²) in [5.74, 6) is -2.01. The molecule has 0 saturated carbocycles. The molecule has 2 rings (SSSR count). The fourth-order valence-electron chi connectivity index (χ4n) is 2.37. The molecule has 1 aromatic carbocycles. The first-order valence-corrected chi connectivity index (χ1v) is 6.71. The first kappa shape index (κ1) is 15.1. The molecule has 1 unspecified atom stereocenters. The van der Waals surface area contributed by atoms with Crippen LogP contribution in [0.2, 0.25) is 5.02 Å². The maximum atomic E-state index is 11.8. The monoisotopic (exact) mass is 310 g/mol. The normalized spacial score (nSPS) is 16.4. The maximum absolute atomic E-state index is 11.8. The van der Waals surface area contributed by atoms with Crippen molar-refractivity contribution in [2.75, 3.05) is 0 Å². The zero-order valence-corrected chi connectivity index (χ0v) is 11.8. The van der Waals surface area contributed by atoms with Gasteiger partial charge < -0.3 is 22.1 Å². The smallest absolute Gasteiger partial charge is 0.316 e. The van der Waals surface area contributed by atoms with Crippen LogP contribution < -0.4 is 22.1 Å². The number of carbonyl (C=O) groups excluding carboxylic acids is 3. The molecule has 0 radical (unpaired) electrons. The van der Waals surface area contributed by atoms with E-state index in [0.29, 0.717) is 11.4 Å². The predicted molar refractivity (Wildman–Crippen MR) is 76.4 cm³/mol. The molecular formula is C13H15ClN4O3. The summed E-state index contributed by atoms with van der Waals surface area (Å²) in [7, 11) is 0. The lowest BCUT2D eigenvalue weighted by Crippen LogP contribution is -2.55. The zero-order valence-electron chi connectivity index (χ0n) is 11.1. The number of benzene rings is 1. The van der Waals surface area contributed by atoms with Gasteiger partial charge in [-0.1, -0.05) is 23.7 Å². The molecule has 1 aliphatic carbocycles. The molecule has 21 heavy (non-hydrogen) atoms. The van der Waals surface area contributed by atoms with Crippen molar-refractivity contribution in [2.45, 2.75) is 24.9 Å². The van der Waals surface area contributed by atoms with E-state index in [1.807, 2.05) is 6.07 Å². The third-order valence-electron chi connectivity index (χ3n) is 3.36. The summed E-state index contributed by atoms with van der Waals surface area (Å²) >= 11 is 6.09. The molecule has 0 heterocycles. The zero-order chi connectivity index (χ0) is 15.6. The van der Waals surface area contributed by atoms with Gasteiger partial charge in [0.05, 0.1) is 6.04 Å². The third-order valence-corrected chi connectivity index (χ3v) is 3.72. The summed E-state index contributed by atoms with van der Waals surface area (Å²) in [6.07, 6.45) is 1.43. The summed E-state index contributed by atoms with van der Waals surface area (Å²) in [6, 6.07) is 3.01. The van der Waals surface area contributed by atoms with Gasteiger partial charge in [0.25, 0.3) is 0 Å². The van der Waals surface area contributed by atoms with E-state index in [2.05, 4.69) is 10.6 Å². The van der Waals surface area contributed by atoms with Crippen LogP contribution in [0.4, 0.5) is 4.79 Å². The second kappa shape index (κ2) is 6.01. The van der Waals surface area contributed by atoms with Crippen LogP contribution in [0, 0.1) is 0 Å². The highest BCUT2D eigenvalue weighted by Gasteiger charge is 2.28. The second-order valence-corrected chi connectivity index (χ2v) is 5.16. The van der Waals surface area contributed by atoms with Crippen LogP contribution in [0.1, 0.15) is 23.6 Å². The first-order chi connectivity index (χ1) is 9.90. The highest BCUT2D eigenvalue weighted by Crippen LogP contribution is 2.35. The van der Waals surface area contributed by atoms with Crippen LogP contribution in [-0.2, 0) is 16.0 Å². The molecule has 112 valence electrons. The van der Waals surface area contributed by atoms with Crippen molar-refractivity contribution in [3.05, 3.63) is 34.3 Å². The van der Waals surface area contributed by atoms with E-state index in [1.165, 1.54) is 0 Å². The van der Waals surface area contributed by atoms with Gasteiger partial charge in [-0.3, -0.25) is 9.59 Å². The number of hydrogen-bond acceptors (Lipinski definition) is 3. The summed E-state index contributed by atoms with van der Waals surface area (Å²) in [5, 5.41) is 5.49. The molecule has 0 aliphatic heterocycles. The Morgan fingerprint density at radius 2 is 1.90 bits per heavy atom. The minimum absolute atomic E-state index is 0.236. The van der Waals surface area contributed by atoms with Crippen LogP contribution in [-0.4, -0.2) is 23.9 Å². The van der Waals surface area contributed by atoms with E-state index in [0.717, 1.165) is 17.5 Å². The third kappa shape index (κ3) is 3.25. The Labute approximate surface area is 126 Å². The van der Waals surface area contributed by atoms with Crippen LogP contribution in [0.3, 0.4) is 0 Å². The van der Waals surface area contributed by atoms with Gasteiger partial charge in [0.2, 0.25) is 11.8 Å². The second-order valence-electron chi connectivity index (χ2n) is 4.75.